The van der Waals surface area contributed by atoms with Gasteiger partial charge < -0.3 is 20.1 Å². The van der Waals surface area contributed by atoms with Gasteiger partial charge in [-0.2, -0.15) is 0 Å². The van der Waals surface area contributed by atoms with Crippen LogP contribution in [0.4, 0.5) is 9.18 Å². The molecule has 0 aliphatic carbocycles. The average molecular weight is 450 g/mol. The summed E-state index contributed by atoms with van der Waals surface area (Å²) in [6.07, 6.45) is 4.66. The van der Waals surface area contributed by atoms with Gasteiger partial charge in [0, 0.05) is 50.8 Å². The Morgan fingerprint density at radius 2 is 2.12 bits per heavy atom. The molecule has 1 aromatic carbocycles. The number of carbonyl (C=O) groups is 1. The summed E-state index contributed by atoms with van der Waals surface area (Å²) in [5.41, 5.74) is -0.506. The number of amides is 2. The number of aliphatic hydroxyl groups is 1. The molecular weight excluding hydrogens is 409 g/mol. The van der Waals surface area contributed by atoms with Crippen molar-refractivity contribution >= 4 is 6.03 Å². The van der Waals surface area contributed by atoms with Crippen LogP contribution in [0.25, 0.3) is 0 Å². The van der Waals surface area contributed by atoms with Crippen LogP contribution in [0.3, 0.4) is 0 Å². The van der Waals surface area contributed by atoms with E-state index in [1.807, 2.05) is 4.90 Å². The van der Waals surface area contributed by atoms with Crippen LogP contribution < -0.4 is 5.32 Å². The first kappa shape index (κ1) is 24.9. The molecule has 32 heavy (non-hydrogen) atoms. The number of methoxy groups -OCH3 is 1. The van der Waals surface area contributed by atoms with E-state index in [0.717, 1.165) is 38.6 Å². The van der Waals surface area contributed by atoms with Crippen molar-refractivity contribution in [3.8, 4) is 0 Å². The molecule has 2 amide bonds. The van der Waals surface area contributed by atoms with Crippen molar-refractivity contribution in [2.45, 2.75) is 69.6 Å². The minimum Gasteiger partial charge on any atom is -0.385 e. The number of hydrogen-bond donors (Lipinski definition) is 2. The summed E-state index contributed by atoms with van der Waals surface area (Å²) in [4.78, 5) is 17.2. The number of ether oxygens (including phenoxy) is 1. The molecule has 2 aliphatic rings. The molecule has 6 nitrogen and oxygen atoms in total. The molecule has 0 spiro atoms. The lowest BCUT2D eigenvalue weighted by molar-refractivity contribution is -0.0565. The van der Waals surface area contributed by atoms with Crippen LogP contribution in [0.15, 0.2) is 24.3 Å². The third-order valence-corrected chi connectivity index (χ3v) is 7.47. The van der Waals surface area contributed by atoms with Gasteiger partial charge in [0.1, 0.15) is 5.82 Å². The molecule has 2 fully saturated rings. The molecule has 2 N–H and O–H groups in total. The quantitative estimate of drug-likeness (QED) is 0.594. The van der Waals surface area contributed by atoms with Crippen LogP contribution in [-0.4, -0.2) is 72.9 Å². The Balaban J connectivity index is 1.70. The number of likely N-dealkylation sites (tertiary alicyclic amines) is 2. The SMILES string of the molecule is COCCCC[C@@](O)(c1cccc(F)c1)[C@@H]1CCCN(C(=O)N[C@@H]2CN(C)C(C)(C)C2)C1. The molecule has 1 aromatic rings. The van der Waals surface area contributed by atoms with E-state index in [9.17, 15) is 14.3 Å². The van der Waals surface area contributed by atoms with Crippen LogP contribution >= 0.6 is 0 Å². The summed E-state index contributed by atoms with van der Waals surface area (Å²) < 4.78 is 19.2. The molecule has 3 rings (SSSR count). The van der Waals surface area contributed by atoms with Crippen molar-refractivity contribution in [3.63, 3.8) is 0 Å². The fourth-order valence-electron chi connectivity index (χ4n) is 5.30. The average Bonchev–Trinajstić information content (AvgIpc) is 3.02. The van der Waals surface area contributed by atoms with Gasteiger partial charge in [-0.25, -0.2) is 9.18 Å². The molecule has 0 radical (unpaired) electrons. The lowest BCUT2D eigenvalue weighted by Gasteiger charge is -2.43. The number of urea groups is 1. The van der Waals surface area contributed by atoms with Gasteiger partial charge in [0.2, 0.25) is 0 Å². The van der Waals surface area contributed by atoms with E-state index < -0.39 is 5.60 Å². The topological polar surface area (TPSA) is 65.0 Å². The van der Waals surface area contributed by atoms with Crippen LogP contribution in [0.1, 0.15) is 57.9 Å². The van der Waals surface area contributed by atoms with E-state index in [0.29, 0.717) is 31.7 Å². The highest BCUT2D eigenvalue weighted by atomic mass is 19.1. The van der Waals surface area contributed by atoms with Crippen molar-refractivity contribution in [3.05, 3.63) is 35.6 Å². The zero-order valence-electron chi connectivity index (χ0n) is 20.1. The highest BCUT2D eigenvalue weighted by molar-refractivity contribution is 5.74. The number of nitrogens with one attached hydrogen (secondary N) is 1. The molecule has 0 unspecified atom stereocenters. The van der Waals surface area contributed by atoms with Crippen molar-refractivity contribution in [2.24, 2.45) is 5.92 Å². The Hall–Kier alpha value is -1.70. The van der Waals surface area contributed by atoms with Gasteiger partial charge in [0.15, 0.2) is 0 Å². The van der Waals surface area contributed by atoms with Gasteiger partial charge in [-0.15, -0.1) is 0 Å². The highest BCUT2D eigenvalue weighted by Gasteiger charge is 2.42. The summed E-state index contributed by atoms with van der Waals surface area (Å²) in [7, 11) is 3.76. The first-order valence-corrected chi connectivity index (χ1v) is 11.9. The second-order valence-corrected chi connectivity index (χ2v) is 10.2. The van der Waals surface area contributed by atoms with Gasteiger partial charge in [-0.3, -0.25) is 4.90 Å². The van der Waals surface area contributed by atoms with Crippen molar-refractivity contribution in [1.29, 1.82) is 0 Å². The lowest BCUT2D eigenvalue weighted by atomic mass is 9.74. The maximum absolute atomic E-state index is 14.0. The Morgan fingerprint density at radius 1 is 1.34 bits per heavy atom. The summed E-state index contributed by atoms with van der Waals surface area (Å²) in [5.74, 6) is -0.495. The molecule has 2 heterocycles. The largest absolute Gasteiger partial charge is 0.385 e. The Morgan fingerprint density at radius 3 is 2.78 bits per heavy atom. The molecule has 0 bridgehead atoms. The smallest absolute Gasteiger partial charge is 0.317 e. The van der Waals surface area contributed by atoms with Crippen molar-refractivity contribution in [1.82, 2.24) is 15.1 Å². The number of hydrogen-bond acceptors (Lipinski definition) is 4. The van der Waals surface area contributed by atoms with E-state index in [1.165, 1.54) is 12.1 Å². The summed E-state index contributed by atoms with van der Waals surface area (Å²) >= 11 is 0. The molecule has 7 heteroatoms. The zero-order valence-corrected chi connectivity index (χ0v) is 20.1. The second kappa shape index (κ2) is 10.5. The lowest BCUT2D eigenvalue weighted by Crippen LogP contribution is -2.52. The fraction of sp³-hybridized carbons (Fsp3) is 0.720. The monoisotopic (exact) mass is 449 g/mol. The Kier molecular flexibility index (Phi) is 8.17. The van der Waals surface area contributed by atoms with Crippen LogP contribution in [0, 0.1) is 11.7 Å². The molecule has 0 saturated carbocycles. The number of piperidine rings is 1. The van der Waals surface area contributed by atoms with Gasteiger partial charge in [-0.1, -0.05) is 12.1 Å². The van der Waals surface area contributed by atoms with Crippen molar-refractivity contribution < 1.29 is 19.0 Å². The number of benzene rings is 1. The molecule has 3 atom stereocenters. The Bertz CT molecular complexity index is 775. The number of halogens is 1. The number of nitrogens with zero attached hydrogens (tertiary/aromatic N) is 2. The maximum Gasteiger partial charge on any atom is 0.317 e. The fourth-order valence-corrected chi connectivity index (χ4v) is 5.30. The second-order valence-electron chi connectivity index (χ2n) is 10.2. The number of unbranched alkanes of at least 4 members (excludes halogenated alkanes) is 1. The molecule has 2 saturated heterocycles. The van der Waals surface area contributed by atoms with E-state index in [-0.39, 0.29) is 29.3 Å². The van der Waals surface area contributed by atoms with Gasteiger partial charge in [0.25, 0.3) is 0 Å². The summed E-state index contributed by atoms with van der Waals surface area (Å²) in [5, 5.41) is 15.0. The minimum atomic E-state index is -1.18. The highest BCUT2D eigenvalue weighted by Crippen LogP contribution is 2.40. The third kappa shape index (κ3) is 5.80. The molecule has 2 aliphatic heterocycles. The number of likely N-dealkylation sites (N-methyl/N-ethyl adjacent to an activating group) is 1. The maximum atomic E-state index is 14.0. The Labute approximate surface area is 192 Å². The van der Waals surface area contributed by atoms with Gasteiger partial charge in [-0.05, 0) is 77.1 Å². The molecular formula is C25H40FN3O3. The first-order valence-electron chi connectivity index (χ1n) is 11.9. The summed E-state index contributed by atoms with van der Waals surface area (Å²) in [6, 6.07) is 6.35. The normalized spacial score (nSPS) is 25.5. The zero-order chi connectivity index (χ0) is 23.4. The predicted molar refractivity (Wildman–Crippen MR) is 124 cm³/mol. The van der Waals surface area contributed by atoms with E-state index in [4.69, 9.17) is 4.74 Å². The molecule has 0 aromatic heterocycles. The molecule has 180 valence electrons. The standard InChI is InChI=1S/C25H40FN3O3/c1-24(2)16-22(18-28(24)3)27-23(30)29-13-8-10-20(17-29)25(31,12-5-6-14-32-4)19-9-7-11-21(26)15-19/h7,9,11,15,20,22,31H,5-6,8,10,12-14,16-18H2,1-4H3,(H,27,30)/t20-,22+,25-/m1/s1. The van der Waals surface area contributed by atoms with Gasteiger partial charge in [0.05, 0.1) is 5.60 Å². The minimum absolute atomic E-state index is 0.0632. The van der Waals surface area contributed by atoms with Crippen LogP contribution in [-0.2, 0) is 10.3 Å². The van der Waals surface area contributed by atoms with E-state index >= 15 is 0 Å². The van der Waals surface area contributed by atoms with Crippen LogP contribution in [0.2, 0.25) is 0 Å². The number of carbonyl (C=O) groups excluding carboxylic acids is 1. The van der Waals surface area contributed by atoms with E-state index in [2.05, 4.69) is 31.1 Å². The predicted octanol–water partition coefficient (Wildman–Crippen LogP) is 3.73. The van der Waals surface area contributed by atoms with Crippen molar-refractivity contribution in [2.75, 3.05) is 40.4 Å². The van der Waals surface area contributed by atoms with E-state index in [1.54, 1.807) is 19.2 Å². The van der Waals surface area contributed by atoms with Gasteiger partial charge >= 0.3 is 6.03 Å². The third-order valence-electron chi connectivity index (χ3n) is 7.47. The van der Waals surface area contributed by atoms with Crippen LogP contribution in [0.5, 0.6) is 0 Å². The first-order chi connectivity index (χ1) is 15.2. The summed E-state index contributed by atoms with van der Waals surface area (Å²) in [6.45, 7) is 7.00. The number of rotatable bonds is 8.